The van der Waals surface area contributed by atoms with Gasteiger partial charge in [0.2, 0.25) is 0 Å². The summed E-state index contributed by atoms with van der Waals surface area (Å²) in [6.07, 6.45) is 7.37. The molecule has 0 heterocycles. The highest BCUT2D eigenvalue weighted by Gasteiger charge is 2.58. The van der Waals surface area contributed by atoms with E-state index in [4.69, 9.17) is 9.78 Å². The molecule has 4 aliphatic carbocycles. The summed E-state index contributed by atoms with van der Waals surface area (Å²) in [7, 11) is 0. The molecule has 0 N–H and O–H groups in total. The molecule has 19 heavy (non-hydrogen) atoms. The van der Waals surface area contributed by atoms with Crippen molar-refractivity contribution in [3.05, 3.63) is 12.2 Å². The van der Waals surface area contributed by atoms with E-state index in [1.54, 1.807) is 6.92 Å². The summed E-state index contributed by atoms with van der Waals surface area (Å²) in [5.74, 6) is 2.50. The quantitative estimate of drug-likeness (QED) is 0.442. The Labute approximate surface area is 115 Å². The third-order valence-electron chi connectivity index (χ3n) is 5.69. The van der Waals surface area contributed by atoms with Gasteiger partial charge in [-0.3, -0.25) is 4.89 Å². The van der Waals surface area contributed by atoms with Gasteiger partial charge in [-0.2, -0.15) is 4.89 Å². The largest absolute Gasteiger partial charge is 0.368 e. The fraction of sp³-hybridized carbons (Fsp3) is 0.812. The Hall–Kier alpha value is -0.830. The second-order valence-corrected chi connectivity index (χ2v) is 6.85. The van der Waals surface area contributed by atoms with Gasteiger partial charge in [0.05, 0.1) is 0 Å². The van der Waals surface area contributed by atoms with E-state index in [9.17, 15) is 4.79 Å². The molecule has 3 heteroatoms. The summed E-state index contributed by atoms with van der Waals surface area (Å²) in [4.78, 5) is 22.4. The topological polar surface area (TPSA) is 35.5 Å². The third kappa shape index (κ3) is 2.03. The van der Waals surface area contributed by atoms with E-state index >= 15 is 0 Å². The minimum atomic E-state index is -0.429. The minimum Gasteiger partial charge on any atom is -0.293 e. The van der Waals surface area contributed by atoms with Crippen molar-refractivity contribution in [2.24, 2.45) is 23.7 Å². The average Bonchev–Trinajstić information content (AvgIpc) is 2.37. The van der Waals surface area contributed by atoms with E-state index in [0.29, 0.717) is 17.4 Å². The molecule has 4 fully saturated rings. The molecule has 0 aromatic carbocycles. The molecule has 4 aliphatic rings. The fourth-order valence-electron chi connectivity index (χ4n) is 4.94. The molecular formula is C16H24O3. The van der Waals surface area contributed by atoms with Gasteiger partial charge < -0.3 is 0 Å². The highest BCUT2D eigenvalue weighted by Crippen LogP contribution is 2.60. The second kappa shape index (κ2) is 4.62. The van der Waals surface area contributed by atoms with Crippen molar-refractivity contribution >= 4 is 5.97 Å². The Morgan fingerprint density at radius 3 is 2.11 bits per heavy atom. The molecule has 0 aromatic rings. The lowest BCUT2D eigenvalue weighted by Gasteiger charge is -2.59. The molecule has 0 radical (unpaired) electrons. The first-order chi connectivity index (χ1) is 9.05. The maximum Gasteiger partial charge on any atom is 0.368 e. The third-order valence-corrected chi connectivity index (χ3v) is 5.69. The van der Waals surface area contributed by atoms with E-state index < -0.39 is 5.97 Å². The standard InChI is InChI=1S/C16H24O3/c1-4-16(19-18-15(17)10(2)3)13-6-11-5-12(8-13)9-14(16)7-11/h11-14H,2,4-9H2,1,3H3. The van der Waals surface area contributed by atoms with Gasteiger partial charge in [-0.05, 0) is 69.1 Å². The molecule has 4 bridgehead atoms. The highest BCUT2D eigenvalue weighted by molar-refractivity contribution is 5.86. The normalized spacial score (nSPS) is 43.3. The van der Waals surface area contributed by atoms with Gasteiger partial charge in [0, 0.05) is 5.57 Å². The first-order valence-electron chi connectivity index (χ1n) is 7.60. The van der Waals surface area contributed by atoms with Crippen LogP contribution in [-0.2, 0) is 14.6 Å². The van der Waals surface area contributed by atoms with Crippen LogP contribution in [0.2, 0.25) is 0 Å². The monoisotopic (exact) mass is 264 g/mol. The lowest BCUT2D eigenvalue weighted by atomic mass is 9.49. The molecule has 0 saturated heterocycles. The summed E-state index contributed by atoms with van der Waals surface area (Å²) >= 11 is 0. The van der Waals surface area contributed by atoms with Crippen LogP contribution in [0.25, 0.3) is 0 Å². The smallest absolute Gasteiger partial charge is 0.293 e. The molecule has 3 nitrogen and oxygen atoms in total. The molecule has 0 spiro atoms. The van der Waals surface area contributed by atoms with Crippen LogP contribution in [0.4, 0.5) is 0 Å². The second-order valence-electron chi connectivity index (χ2n) is 6.85. The van der Waals surface area contributed by atoms with Crippen LogP contribution in [0.5, 0.6) is 0 Å². The van der Waals surface area contributed by atoms with Crippen molar-refractivity contribution in [2.75, 3.05) is 0 Å². The van der Waals surface area contributed by atoms with E-state index in [1.807, 2.05) is 0 Å². The van der Waals surface area contributed by atoms with E-state index in [-0.39, 0.29) is 5.60 Å². The van der Waals surface area contributed by atoms with Crippen molar-refractivity contribution in [3.63, 3.8) is 0 Å². The number of hydrogen-bond acceptors (Lipinski definition) is 3. The van der Waals surface area contributed by atoms with Gasteiger partial charge in [0.15, 0.2) is 0 Å². The zero-order chi connectivity index (χ0) is 13.6. The molecule has 0 amide bonds. The highest BCUT2D eigenvalue weighted by atomic mass is 17.2. The van der Waals surface area contributed by atoms with Crippen molar-refractivity contribution in [1.29, 1.82) is 0 Å². The summed E-state index contributed by atoms with van der Waals surface area (Å²) < 4.78 is 0. The van der Waals surface area contributed by atoms with Crippen molar-refractivity contribution in [2.45, 2.75) is 58.0 Å². The molecule has 4 saturated carbocycles. The molecule has 0 atom stereocenters. The van der Waals surface area contributed by atoms with Gasteiger partial charge >= 0.3 is 5.97 Å². The van der Waals surface area contributed by atoms with Crippen molar-refractivity contribution in [3.8, 4) is 0 Å². The van der Waals surface area contributed by atoms with Crippen LogP contribution in [0, 0.1) is 23.7 Å². The van der Waals surface area contributed by atoms with Gasteiger partial charge in [-0.25, -0.2) is 4.79 Å². The van der Waals surface area contributed by atoms with E-state index in [1.165, 1.54) is 32.1 Å². The average molecular weight is 264 g/mol. The molecule has 0 aromatic heterocycles. The Kier molecular flexibility index (Phi) is 3.20. The number of carbonyl (C=O) groups excluding carboxylic acids is 1. The SMILES string of the molecule is C=C(C)C(=O)OOC1(CC)C2CC3CC(C2)CC1C3. The number of rotatable bonds is 4. The van der Waals surface area contributed by atoms with Crippen molar-refractivity contribution in [1.82, 2.24) is 0 Å². The van der Waals surface area contributed by atoms with Gasteiger partial charge in [-0.1, -0.05) is 13.5 Å². The minimum absolute atomic E-state index is 0.224. The van der Waals surface area contributed by atoms with Crippen LogP contribution in [-0.4, -0.2) is 11.6 Å². The van der Waals surface area contributed by atoms with E-state index in [0.717, 1.165) is 18.3 Å². The zero-order valence-corrected chi connectivity index (χ0v) is 12.0. The summed E-state index contributed by atoms with van der Waals surface area (Å²) in [6.45, 7) is 7.42. The number of hydrogen-bond donors (Lipinski definition) is 0. The van der Waals surface area contributed by atoms with Gasteiger partial charge in [0.1, 0.15) is 5.60 Å². The van der Waals surface area contributed by atoms with E-state index in [2.05, 4.69) is 13.5 Å². The van der Waals surface area contributed by atoms with Crippen LogP contribution >= 0.6 is 0 Å². The number of carbonyl (C=O) groups is 1. The molecule has 0 unspecified atom stereocenters. The first-order valence-corrected chi connectivity index (χ1v) is 7.60. The Bertz CT molecular complexity index is 371. The maximum absolute atomic E-state index is 11.6. The Balaban J connectivity index is 1.75. The van der Waals surface area contributed by atoms with Crippen LogP contribution in [0.1, 0.15) is 52.4 Å². The van der Waals surface area contributed by atoms with Gasteiger partial charge in [-0.15, -0.1) is 0 Å². The van der Waals surface area contributed by atoms with Crippen molar-refractivity contribution < 1.29 is 14.6 Å². The molecule has 4 rings (SSSR count). The Morgan fingerprint density at radius 1 is 1.16 bits per heavy atom. The lowest BCUT2D eigenvalue weighted by Crippen LogP contribution is -2.58. The predicted molar refractivity (Wildman–Crippen MR) is 72.1 cm³/mol. The Morgan fingerprint density at radius 2 is 1.68 bits per heavy atom. The van der Waals surface area contributed by atoms with Gasteiger partial charge in [0.25, 0.3) is 0 Å². The maximum atomic E-state index is 11.6. The summed E-state index contributed by atoms with van der Waals surface area (Å²) in [6, 6.07) is 0. The fourth-order valence-corrected chi connectivity index (χ4v) is 4.94. The summed E-state index contributed by atoms with van der Waals surface area (Å²) in [5, 5.41) is 0. The summed E-state index contributed by atoms with van der Waals surface area (Å²) in [5.41, 5.74) is 0.175. The molecule has 0 aliphatic heterocycles. The first kappa shape index (κ1) is 13.2. The molecular weight excluding hydrogens is 240 g/mol. The predicted octanol–water partition coefficient (Wildman–Crippen LogP) is 3.64. The van der Waals surface area contributed by atoms with Crippen LogP contribution in [0.3, 0.4) is 0 Å². The zero-order valence-electron chi connectivity index (χ0n) is 12.0. The lowest BCUT2D eigenvalue weighted by molar-refractivity contribution is -0.377. The van der Waals surface area contributed by atoms with Crippen LogP contribution < -0.4 is 0 Å². The van der Waals surface area contributed by atoms with Crippen LogP contribution in [0.15, 0.2) is 12.2 Å². The molecule has 106 valence electrons.